The Balaban J connectivity index is 5.51. The van der Waals surface area contributed by atoms with Gasteiger partial charge in [-0.15, -0.1) is 0 Å². The van der Waals surface area contributed by atoms with Crippen molar-refractivity contribution in [3.05, 3.63) is 0 Å². The highest BCUT2D eigenvalue weighted by Crippen LogP contribution is 2.51. The van der Waals surface area contributed by atoms with Crippen molar-refractivity contribution in [2.24, 2.45) is 32.5 Å². The first-order valence-electron chi connectivity index (χ1n) is 9.62. The van der Waals surface area contributed by atoms with Crippen LogP contribution in [0, 0.1) is 32.5 Å². The van der Waals surface area contributed by atoms with Crippen molar-refractivity contribution in [3.8, 4) is 0 Å². The Morgan fingerprint density at radius 3 is 0.875 bits per heavy atom. The maximum absolute atomic E-state index is 13.5. The number of ketones is 1. The lowest BCUT2D eigenvalue weighted by Gasteiger charge is -2.48. The molecule has 0 aliphatic carbocycles. The molecule has 1 heteroatoms. The molecule has 0 heterocycles. The fourth-order valence-corrected chi connectivity index (χ4v) is 3.82. The first-order chi connectivity index (χ1) is 10.1. The first-order valence-corrected chi connectivity index (χ1v) is 9.62. The second kappa shape index (κ2) is 6.44. The lowest BCUT2D eigenvalue weighted by atomic mass is 9.56. The Bertz CT molecular complexity index is 405. The molecule has 0 rings (SSSR count). The second-order valence-electron chi connectivity index (χ2n) is 12.7. The summed E-state index contributed by atoms with van der Waals surface area (Å²) >= 11 is 0. The Hall–Kier alpha value is -0.330. The van der Waals surface area contributed by atoms with E-state index in [2.05, 4.69) is 96.9 Å². The van der Waals surface area contributed by atoms with Crippen molar-refractivity contribution in [1.82, 2.24) is 0 Å². The van der Waals surface area contributed by atoms with Crippen molar-refractivity contribution in [2.45, 2.75) is 110 Å². The maximum atomic E-state index is 13.5. The average Bonchev–Trinajstić information content (AvgIpc) is 2.21. The fraction of sp³-hybridized carbons (Fsp3) is 0.957. The van der Waals surface area contributed by atoms with Gasteiger partial charge in [-0.3, -0.25) is 4.79 Å². The normalized spacial score (nSPS) is 15.6. The van der Waals surface area contributed by atoms with Gasteiger partial charge >= 0.3 is 0 Å². The van der Waals surface area contributed by atoms with Gasteiger partial charge in [-0.2, -0.15) is 0 Å². The van der Waals surface area contributed by atoms with Crippen molar-refractivity contribution in [3.63, 3.8) is 0 Å². The molecule has 0 spiro atoms. The molecule has 0 aliphatic rings. The second-order valence-corrected chi connectivity index (χ2v) is 12.7. The zero-order chi connectivity index (χ0) is 20.0. The minimum Gasteiger partial charge on any atom is -0.299 e. The van der Waals surface area contributed by atoms with Gasteiger partial charge in [0.05, 0.1) is 0 Å². The van der Waals surface area contributed by atoms with E-state index >= 15 is 0 Å². The molecular formula is C23H46O. The van der Waals surface area contributed by atoms with E-state index in [-0.39, 0.29) is 32.5 Å². The zero-order valence-electron chi connectivity index (χ0n) is 19.3. The van der Waals surface area contributed by atoms with Gasteiger partial charge < -0.3 is 0 Å². The molecule has 0 N–H and O–H groups in total. The van der Waals surface area contributed by atoms with Crippen LogP contribution in [0.15, 0.2) is 0 Å². The van der Waals surface area contributed by atoms with E-state index in [0.29, 0.717) is 5.78 Å². The minimum absolute atomic E-state index is 0.113. The van der Waals surface area contributed by atoms with Gasteiger partial charge in [0.25, 0.3) is 0 Å². The SMILES string of the molecule is CC(C)(CC(C)(C)C(C)(C)C)C(=O)C(C)(C)CC(C)(C)C(C)(C)C. The third kappa shape index (κ3) is 5.33. The highest BCUT2D eigenvalue weighted by atomic mass is 16.1. The predicted octanol–water partition coefficient (Wildman–Crippen LogP) is 7.53. The molecule has 1 nitrogen and oxygen atoms in total. The molecule has 0 aliphatic heterocycles. The molecule has 0 atom stereocenters. The van der Waals surface area contributed by atoms with E-state index in [0.717, 1.165) is 12.8 Å². The van der Waals surface area contributed by atoms with Crippen LogP contribution in [0.4, 0.5) is 0 Å². The monoisotopic (exact) mass is 338 g/mol. The molecule has 0 aromatic rings. The Morgan fingerprint density at radius 1 is 0.500 bits per heavy atom. The third-order valence-corrected chi connectivity index (χ3v) is 7.06. The number of rotatable bonds is 6. The van der Waals surface area contributed by atoms with Crippen LogP contribution in [-0.4, -0.2) is 5.78 Å². The summed E-state index contributed by atoms with van der Waals surface area (Å²) in [7, 11) is 0. The van der Waals surface area contributed by atoms with Gasteiger partial charge in [0.1, 0.15) is 5.78 Å². The molecule has 24 heavy (non-hydrogen) atoms. The molecule has 0 aromatic carbocycles. The van der Waals surface area contributed by atoms with Gasteiger partial charge in [0.2, 0.25) is 0 Å². The van der Waals surface area contributed by atoms with Crippen LogP contribution in [0.1, 0.15) is 110 Å². The topological polar surface area (TPSA) is 17.1 Å². The average molecular weight is 339 g/mol. The highest BCUT2D eigenvalue weighted by Gasteiger charge is 2.48. The predicted molar refractivity (Wildman–Crippen MR) is 108 cm³/mol. The van der Waals surface area contributed by atoms with Crippen LogP contribution >= 0.6 is 0 Å². The van der Waals surface area contributed by atoms with Gasteiger partial charge in [0.15, 0.2) is 0 Å². The van der Waals surface area contributed by atoms with Crippen LogP contribution in [0.3, 0.4) is 0 Å². The van der Waals surface area contributed by atoms with Gasteiger partial charge in [-0.25, -0.2) is 0 Å². The first kappa shape index (κ1) is 23.7. The summed E-state index contributed by atoms with van der Waals surface area (Å²) in [6.45, 7) is 31.5. The number of carbonyl (C=O) groups excluding carboxylic acids is 1. The molecule has 0 amide bonds. The number of hydrogen-bond donors (Lipinski definition) is 0. The number of carbonyl (C=O) groups is 1. The summed E-state index contributed by atoms with van der Waals surface area (Å²) in [5.74, 6) is 0.407. The smallest absolute Gasteiger partial charge is 0.144 e. The minimum atomic E-state index is -0.311. The summed E-state index contributed by atoms with van der Waals surface area (Å²) in [4.78, 5) is 13.5. The zero-order valence-corrected chi connectivity index (χ0v) is 19.3. The molecule has 0 aromatic heterocycles. The van der Waals surface area contributed by atoms with E-state index in [1.807, 2.05) is 0 Å². The molecule has 0 unspecified atom stereocenters. The summed E-state index contributed by atoms with van der Waals surface area (Å²) in [6.07, 6.45) is 1.84. The van der Waals surface area contributed by atoms with Gasteiger partial charge in [0, 0.05) is 10.8 Å². The van der Waals surface area contributed by atoms with Crippen LogP contribution in [0.5, 0.6) is 0 Å². The Kier molecular flexibility index (Phi) is 6.35. The van der Waals surface area contributed by atoms with Crippen molar-refractivity contribution >= 4 is 5.78 Å². The van der Waals surface area contributed by atoms with E-state index < -0.39 is 0 Å². The number of Topliss-reactive ketones (excluding diaryl/α,β-unsaturated/α-hetero) is 1. The Labute approximate surface area is 153 Å². The van der Waals surface area contributed by atoms with Crippen molar-refractivity contribution in [2.75, 3.05) is 0 Å². The maximum Gasteiger partial charge on any atom is 0.144 e. The van der Waals surface area contributed by atoms with E-state index in [1.54, 1.807) is 0 Å². The Morgan fingerprint density at radius 2 is 0.708 bits per heavy atom. The molecule has 0 saturated heterocycles. The van der Waals surface area contributed by atoms with E-state index in [9.17, 15) is 4.79 Å². The van der Waals surface area contributed by atoms with Gasteiger partial charge in [-0.05, 0) is 34.5 Å². The lowest BCUT2D eigenvalue weighted by Crippen LogP contribution is -2.45. The highest BCUT2D eigenvalue weighted by molar-refractivity contribution is 5.89. The standard InChI is InChI=1S/C23H46O/c1-18(2,3)22(11,12)15-20(7,8)17(24)21(9,10)16-23(13,14)19(4,5)6/h15-16H2,1-14H3. The summed E-state index contributed by atoms with van der Waals surface area (Å²) < 4.78 is 0. The summed E-state index contributed by atoms with van der Waals surface area (Å²) in [5, 5.41) is 0. The largest absolute Gasteiger partial charge is 0.299 e. The van der Waals surface area contributed by atoms with Crippen LogP contribution < -0.4 is 0 Å². The molecular weight excluding hydrogens is 292 g/mol. The van der Waals surface area contributed by atoms with Crippen molar-refractivity contribution < 1.29 is 4.79 Å². The quantitative estimate of drug-likeness (QED) is 0.489. The van der Waals surface area contributed by atoms with E-state index in [4.69, 9.17) is 0 Å². The van der Waals surface area contributed by atoms with Crippen LogP contribution in [0.2, 0.25) is 0 Å². The molecule has 0 radical (unpaired) electrons. The molecule has 144 valence electrons. The van der Waals surface area contributed by atoms with Crippen molar-refractivity contribution in [1.29, 1.82) is 0 Å². The summed E-state index contributed by atoms with van der Waals surface area (Å²) in [5.41, 5.74) is -0.0369. The van der Waals surface area contributed by atoms with Crippen LogP contribution in [0.25, 0.3) is 0 Å². The van der Waals surface area contributed by atoms with Crippen LogP contribution in [-0.2, 0) is 4.79 Å². The molecule has 0 fully saturated rings. The molecule has 0 saturated carbocycles. The lowest BCUT2D eigenvalue weighted by molar-refractivity contribution is -0.141. The summed E-state index contributed by atoms with van der Waals surface area (Å²) in [6, 6.07) is 0. The van der Waals surface area contributed by atoms with Gasteiger partial charge in [-0.1, -0.05) is 96.9 Å². The fourth-order valence-electron chi connectivity index (χ4n) is 3.82. The molecule has 0 bridgehead atoms. The van der Waals surface area contributed by atoms with E-state index in [1.165, 1.54) is 0 Å². The third-order valence-electron chi connectivity index (χ3n) is 7.06. The number of hydrogen-bond acceptors (Lipinski definition) is 1.